The van der Waals surface area contributed by atoms with Crippen molar-refractivity contribution in [2.75, 3.05) is 19.0 Å². The van der Waals surface area contributed by atoms with E-state index in [-0.39, 0.29) is 6.10 Å². The molecule has 2 nitrogen and oxygen atoms in total. The van der Waals surface area contributed by atoms with Crippen LogP contribution in [0.3, 0.4) is 0 Å². The molecule has 1 unspecified atom stereocenters. The fraction of sp³-hybridized carbons (Fsp3) is 0.250. The third-order valence-corrected chi connectivity index (χ3v) is 4.59. The first-order valence-electron chi connectivity index (χ1n) is 9.19. The summed E-state index contributed by atoms with van der Waals surface area (Å²) in [6.07, 6.45) is 2.05. The van der Waals surface area contributed by atoms with E-state index in [1.807, 2.05) is 6.07 Å². The van der Waals surface area contributed by atoms with E-state index in [0.29, 0.717) is 6.61 Å². The van der Waals surface area contributed by atoms with Crippen LogP contribution in [-0.4, -0.2) is 14.1 Å². The van der Waals surface area contributed by atoms with Crippen molar-refractivity contribution in [1.82, 2.24) is 0 Å². The highest BCUT2D eigenvalue weighted by Crippen LogP contribution is 2.27. The maximum absolute atomic E-state index is 6.35. The Balaban J connectivity index is 1.75. The first-order chi connectivity index (χ1) is 12.7. The average Bonchev–Trinajstić information content (AvgIpc) is 2.69. The number of anilines is 1. The van der Waals surface area contributed by atoms with Gasteiger partial charge in [0.15, 0.2) is 0 Å². The molecule has 0 aliphatic heterocycles. The van der Waals surface area contributed by atoms with Crippen LogP contribution in [0.5, 0.6) is 0 Å². The topological polar surface area (TPSA) is 12.5 Å². The number of rotatable bonds is 8. The van der Waals surface area contributed by atoms with Gasteiger partial charge in [-0.25, -0.2) is 0 Å². The Labute approximate surface area is 157 Å². The minimum Gasteiger partial charge on any atom is -0.378 e. The van der Waals surface area contributed by atoms with E-state index >= 15 is 0 Å². The summed E-state index contributed by atoms with van der Waals surface area (Å²) < 4.78 is 6.35. The van der Waals surface area contributed by atoms with Gasteiger partial charge in [-0.1, -0.05) is 72.8 Å². The maximum atomic E-state index is 6.35. The fourth-order valence-electron chi connectivity index (χ4n) is 3.06. The summed E-state index contributed by atoms with van der Waals surface area (Å²) in [5, 5.41) is 0. The quantitative estimate of drug-likeness (QED) is 0.523. The van der Waals surface area contributed by atoms with Crippen LogP contribution in [0.2, 0.25) is 0 Å². The van der Waals surface area contributed by atoms with Crippen LogP contribution in [0.4, 0.5) is 5.69 Å². The Hall–Kier alpha value is -2.58. The first-order valence-corrected chi connectivity index (χ1v) is 9.19. The Bertz CT molecular complexity index is 740. The molecule has 2 heteroatoms. The lowest BCUT2D eigenvalue weighted by Crippen LogP contribution is -2.11. The number of hydrogen-bond donors (Lipinski definition) is 0. The van der Waals surface area contributed by atoms with Crippen LogP contribution in [0.15, 0.2) is 84.9 Å². The molecule has 0 heterocycles. The van der Waals surface area contributed by atoms with Crippen molar-refractivity contribution in [3.8, 4) is 0 Å². The molecule has 3 aromatic rings. The monoisotopic (exact) mass is 345 g/mol. The fourth-order valence-corrected chi connectivity index (χ4v) is 3.06. The highest BCUT2D eigenvalue weighted by atomic mass is 16.5. The highest BCUT2D eigenvalue weighted by molar-refractivity contribution is 5.47. The number of ether oxygens (including phenoxy) is 1. The summed E-state index contributed by atoms with van der Waals surface area (Å²) in [4.78, 5) is 2.13. The van der Waals surface area contributed by atoms with Crippen molar-refractivity contribution >= 4 is 5.69 Å². The summed E-state index contributed by atoms with van der Waals surface area (Å²) in [7, 11) is 4.14. The van der Waals surface area contributed by atoms with E-state index in [9.17, 15) is 0 Å². The Morgan fingerprint density at radius 1 is 0.769 bits per heavy atom. The van der Waals surface area contributed by atoms with Gasteiger partial charge in [-0.05, 0) is 41.7 Å². The molecule has 0 aliphatic rings. The number of aryl methyl sites for hydroxylation is 1. The highest BCUT2D eigenvalue weighted by Gasteiger charge is 2.14. The molecule has 0 spiro atoms. The molecule has 1 atom stereocenters. The van der Waals surface area contributed by atoms with Crippen molar-refractivity contribution in [2.45, 2.75) is 25.6 Å². The molecular weight excluding hydrogens is 318 g/mol. The molecule has 0 saturated carbocycles. The number of hydrogen-bond acceptors (Lipinski definition) is 2. The summed E-state index contributed by atoms with van der Waals surface area (Å²) in [6, 6.07) is 29.7. The molecule has 3 rings (SSSR count). The van der Waals surface area contributed by atoms with E-state index in [4.69, 9.17) is 4.74 Å². The Morgan fingerprint density at radius 3 is 2.08 bits per heavy atom. The second-order valence-corrected chi connectivity index (χ2v) is 6.80. The summed E-state index contributed by atoms with van der Waals surface area (Å²) in [5.41, 5.74) is 5.00. The van der Waals surface area contributed by atoms with Crippen molar-refractivity contribution in [1.29, 1.82) is 0 Å². The molecule has 0 fully saturated rings. The minimum absolute atomic E-state index is 0.0790. The number of nitrogens with zero attached hydrogens (tertiary/aromatic N) is 1. The minimum atomic E-state index is 0.0790. The van der Waals surface area contributed by atoms with E-state index in [2.05, 4.69) is 97.9 Å². The maximum Gasteiger partial charge on any atom is 0.0833 e. The van der Waals surface area contributed by atoms with Crippen LogP contribution >= 0.6 is 0 Å². The van der Waals surface area contributed by atoms with E-state index < -0.39 is 0 Å². The van der Waals surface area contributed by atoms with Gasteiger partial charge in [-0.3, -0.25) is 0 Å². The molecule has 134 valence electrons. The molecule has 0 saturated heterocycles. The lowest BCUT2D eigenvalue weighted by atomic mass is 10.0. The molecule has 0 aliphatic carbocycles. The third kappa shape index (κ3) is 5.21. The van der Waals surface area contributed by atoms with Crippen LogP contribution < -0.4 is 4.90 Å². The Morgan fingerprint density at radius 2 is 1.42 bits per heavy atom. The van der Waals surface area contributed by atoms with Gasteiger partial charge in [0, 0.05) is 19.8 Å². The zero-order valence-electron chi connectivity index (χ0n) is 15.6. The number of benzene rings is 3. The lowest BCUT2D eigenvalue weighted by molar-refractivity contribution is 0.0341. The van der Waals surface area contributed by atoms with E-state index in [0.717, 1.165) is 12.8 Å². The van der Waals surface area contributed by atoms with Gasteiger partial charge in [0.1, 0.15) is 0 Å². The summed E-state index contributed by atoms with van der Waals surface area (Å²) in [6.45, 7) is 0.631. The van der Waals surface area contributed by atoms with Crippen molar-refractivity contribution in [2.24, 2.45) is 0 Å². The lowest BCUT2D eigenvalue weighted by Gasteiger charge is -2.21. The molecule has 0 radical (unpaired) electrons. The normalized spacial score (nSPS) is 11.9. The second-order valence-electron chi connectivity index (χ2n) is 6.80. The van der Waals surface area contributed by atoms with Gasteiger partial charge in [0.2, 0.25) is 0 Å². The van der Waals surface area contributed by atoms with Gasteiger partial charge >= 0.3 is 0 Å². The SMILES string of the molecule is CN(C)c1cccc(C(CCc2ccccc2)OCc2ccccc2)c1. The van der Waals surface area contributed by atoms with Gasteiger partial charge in [-0.15, -0.1) is 0 Å². The summed E-state index contributed by atoms with van der Waals surface area (Å²) in [5.74, 6) is 0. The molecule has 0 N–H and O–H groups in total. The summed E-state index contributed by atoms with van der Waals surface area (Å²) >= 11 is 0. The van der Waals surface area contributed by atoms with Crippen LogP contribution in [0.1, 0.15) is 29.2 Å². The molecule has 0 amide bonds. The predicted octanol–water partition coefficient (Wildman–Crippen LogP) is 5.64. The largest absolute Gasteiger partial charge is 0.378 e. The predicted molar refractivity (Wildman–Crippen MR) is 110 cm³/mol. The smallest absolute Gasteiger partial charge is 0.0833 e. The average molecular weight is 345 g/mol. The van der Waals surface area contributed by atoms with Crippen LogP contribution in [-0.2, 0) is 17.8 Å². The van der Waals surface area contributed by atoms with Crippen LogP contribution in [0, 0.1) is 0 Å². The van der Waals surface area contributed by atoms with Crippen molar-refractivity contribution < 1.29 is 4.74 Å². The second kappa shape index (κ2) is 9.21. The van der Waals surface area contributed by atoms with Gasteiger partial charge in [-0.2, -0.15) is 0 Å². The van der Waals surface area contributed by atoms with E-state index in [1.165, 1.54) is 22.4 Å². The van der Waals surface area contributed by atoms with Crippen molar-refractivity contribution in [3.63, 3.8) is 0 Å². The first kappa shape index (κ1) is 18.2. The van der Waals surface area contributed by atoms with Gasteiger partial charge in [0.05, 0.1) is 12.7 Å². The van der Waals surface area contributed by atoms with Crippen molar-refractivity contribution in [3.05, 3.63) is 102 Å². The molecule has 0 bridgehead atoms. The molecule has 3 aromatic carbocycles. The standard InChI is InChI=1S/C24H27NO/c1-25(2)23-15-9-14-22(18-23)24(17-16-20-10-5-3-6-11-20)26-19-21-12-7-4-8-13-21/h3-15,18,24H,16-17,19H2,1-2H3. The van der Waals surface area contributed by atoms with Gasteiger partial charge < -0.3 is 9.64 Å². The zero-order chi connectivity index (χ0) is 18.2. The zero-order valence-corrected chi connectivity index (χ0v) is 15.6. The Kier molecular flexibility index (Phi) is 6.45. The van der Waals surface area contributed by atoms with Crippen LogP contribution in [0.25, 0.3) is 0 Å². The molecular formula is C24H27NO. The van der Waals surface area contributed by atoms with E-state index in [1.54, 1.807) is 0 Å². The molecule has 26 heavy (non-hydrogen) atoms. The molecule has 0 aromatic heterocycles. The van der Waals surface area contributed by atoms with Gasteiger partial charge in [0.25, 0.3) is 0 Å². The third-order valence-electron chi connectivity index (χ3n) is 4.59.